The fraction of sp³-hybridized carbons (Fsp3) is 0.391. The Morgan fingerprint density at radius 2 is 1.55 bits per heavy atom. The summed E-state index contributed by atoms with van der Waals surface area (Å²) in [6.45, 7) is 4.82. The van der Waals surface area contributed by atoms with Crippen molar-refractivity contribution < 1.29 is 18.0 Å². The Labute approximate surface area is 205 Å². The number of likely N-dealkylation sites (N-methyl/N-ethyl adjacent to an activating group) is 1. The number of nitrogens with zero attached hydrogens (tertiary/aromatic N) is 2. The van der Waals surface area contributed by atoms with Gasteiger partial charge < -0.3 is 10.2 Å². The number of aryl methyl sites for hydroxylation is 2. The molecule has 0 radical (unpaired) electrons. The van der Waals surface area contributed by atoms with Crippen molar-refractivity contribution in [3.8, 4) is 0 Å². The number of hydrogen-bond acceptors (Lipinski definition) is 4. The molecule has 180 valence electrons. The van der Waals surface area contributed by atoms with E-state index in [0.717, 1.165) is 10.6 Å². The lowest BCUT2D eigenvalue weighted by molar-refractivity contribution is -0.140. The van der Waals surface area contributed by atoms with Gasteiger partial charge in [0, 0.05) is 29.2 Å². The summed E-state index contributed by atoms with van der Waals surface area (Å²) in [5.74, 6) is -0.915. The molecule has 7 nitrogen and oxygen atoms in total. The topological polar surface area (TPSA) is 86.8 Å². The molecular weight excluding hydrogens is 485 g/mol. The summed E-state index contributed by atoms with van der Waals surface area (Å²) in [6.07, 6.45) is 1.37. The molecule has 2 rings (SSSR count). The number of para-hydroxylation sites is 1. The molecule has 0 spiro atoms. The normalized spacial score (nSPS) is 12.2. The summed E-state index contributed by atoms with van der Waals surface area (Å²) in [6, 6.07) is 9.52. The van der Waals surface area contributed by atoms with Crippen LogP contribution in [0, 0.1) is 13.8 Å². The molecule has 2 aromatic carbocycles. The van der Waals surface area contributed by atoms with Crippen molar-refractivity contribution in [2.75, 3.05) is 24.2 Å². The molecule has 0 fully saturated rings. The smallest absolute Gasteiger partial charge is 0.244 e. The molecule has 0 aliphatic heterocycles. The lowest BCUT2D eigenvalue weighted by Crippen LogP contribution is -2.51. The summed E-state index contributed by atoms with van der Waals surface area (Å²) >= 11 is 12.7. The van der Waals surface area contributed by atoms with Gasteiger partial charge in [-0.25, -0.2) is 8.42 Å². The van der Waals surface area contributed by atoms with Crippen LogP contribution in [-0.4, -0.2) is 51.0 Å². The Hall–Kier alpha value is -2.29. The van der Waals surface area contributed by atoms with Gasteiger partial charge in [0.05, 0.1) is 11.9 Å². The van der Waals surface area contributed by atoms with Crippen LogP contribution in [0.5, 0.6) is 0 Å². The molecule has 33 heavy (non-hydrogen) atoms. The molecule has 10 heteroatoms. The Kier molecular flexibility index (Phi) is 9.17. The van der Waals surface area contributed by atoms with Gasteiger partial charge in [0.1, 0.15) is 12.6 Å². The maximum Gasteiger partial charge on any atom is 0.244 e. The van der Waals surface area contributed by atoms with Gasteiger partial charge in [-0.15, -0.1) is 0 Å². The molecule has 1 unspecified atom stereocenters. The second kappa shape index (κ2) is 11.2. The van der Waals surface area contributed by atoms with Crippen LogP contribution >= 0.6 is 23.2 Å². The molecule has 0 aliphatic carbocycles. The van der Waals surface area contributed by atoms with Crippen molar-refractivity contribution in [3.05, 3.63) is 63.1 Å². The zero-order valence-corrected chi connectivity index (χ0v) is 21.7. The van der Waals surface area contributed by atoms with Crippen LogP contribution in [0.15, 0.2) is 36.4 Å². The predicted octanol–water partition coefficient (Wildman–Crippen LogP) is 3.93. The second-order valence-corrected chi connectivity index (χ2v) is 10.5. The number of hydrogen-bond donors (Lipinski definition) is 1. The number of nitrogens with one attached hydrogen (secondary N) is 1. The van der Waals surface area contributed by atoms with E-state index in [1.165, 1.54) is 11.9 Å². The quantitative estimate of drug-likeness (QED) is 0.550. The predicted molar refractivity (Wildman–Crippen MR) is 133 cm³/mol. The highest BCUT2D eigenvalue weighted by molar-refractivity contribution is 7.92. The number of sulfonamides is 1. The van der Waals surface area contributed by atoms with Crippen LogP contribution in [0.2, 0.25) is 10.0 Å². The zero-order valence-electron chi connectivity index (χ0n) is 19.4. The third-order valence-corrected chi connectivity index (χ3v) is 7.21. The summed E-state index contributed by atoms with van der Waals surface area (Å²) in [4.78, 5) is 27.5. The molecular formula is C23H29Cl2N3O4S. The fourth-order valence-electron chi connectivity index (χ4n) is 3.71. The average molecular weight is 514 g/mol. The van der Waals surface area contributed by atoms with E-state index in [-0.39, 0.29) is 12.5 Å². The molecule has 0 saturated carbocycles. The third kappa shape index (κ3) is 6.40. The minimum Gasteiger partial charge on any atom is -0.357 e. The first-order valence-electron chi connectivity index (χ1n) is 10.4. The highest BCUT2D eigenvalue weighted by Crippen LogP contribution is 2.29. The highest BCUT2D eigenvalue weighted by Gasteiger charge is 2.32. The molecule has 1 atom stereocenters. The van der Waals surface area contributed by atoms with Gasteiger partial charge in [-0.1, -0.05) is 54.4 Å². The average Bonchev–Trinajstić information content (AvgIpc) is 2.73. The second-order valence-electron chi connectivity index (χ2n) is 7.77. The van der Waals surface area contributed by atoms with Gasteiger partial charge in [0.25, 0.3) is 0 Å². The third-order valence-electron chi connectivity index (χ3n) is 5.39. The number of rotatable bonds is 9. The van der Waals surface area contributed by atoms with Crippen LogP contribution in [0.1, 0.15) is 30.0 Å². The van der Waals surface area contributed by atoms with E-state index in [0.29, 0.717) is 38.8 Å². The van der Waals surface area contributed by atoms with E-state index in [9.17, 15) is 18.0 Å². The van der Waals surface area contributed by atoms with Crippen LogP contribution in [-0.2, 0) is 26.2 Å². The summed E-state index contributed by atoms with van der Waals surface area (Å²) in [5, 5.41) is 3.27. The van der Waals surface area contributed by atoms with Gasteiger partial charge in [0.2, 0.25) is 21.8 Å². The lowest BCUT2D eigenvalue weighted by atomic mass is 10.1. The maximum atomic E-state index is 13.6. The van der Waals surface area contributed by atoms with Gasteiger partial charge >= 0.3 is 0 Å². The van der Waals surface area contributed by atoms with Crippen molar-refractivity contribution >= 4 is 50.7 Å². The van der Waals surface area contributed by atoms with Gasteiger partial charge in [-0.3, -0.25) is 13.9 Å². The SMILES string of the molecule is CCC(C(=O)NC)N(Cc1c(Cl)cccc1Cl)C(=O)CN(c1c(C)cccc1C)S(C)(=O)=O. The van der Waals surface area contributed by atoms with Crippen molar-refractivity contribution in [3.63, 3.8) is 0 Å². The summed E-state index contributed by atoms with van der Waals surface area (Å²) in [5.41, 5.74) is 2.35. The molecule has 0 aliphatic rings. The molecule has 2 aromatic rings. The Morgan fingerprint density at radius 1 is 1.03 bits per heavy atom. The van der Waals surface area contributed by atoms with Crippen molar-refractivity contribution in [1.29, 1.82) is 0 Å². The van der Waals surface area contributed by atoms with E-state index in [4.69, 9.17) is 23.2 Å². The van der Waals surface area contributed by atoms with Crippen LogP contribution < -0.4 is 9.62 Å². The molecule has 0 bridgehead atoms. The highest BCUT2D eigenvalue weighted by atomic mass is 35.5. The zero-order chi connectivity index (χ0) is 24.9. The number of carbonyl (C=O) groups excluding carboxylic acids is 2. The number of carbonyl (C=O) groups is 2. The molecule has 0 heterocycles. The maximum absolute atomic E-state index is 13.6. The Bertz CT molecular complexity index is 1100. The van der Waals surface area contributed by atoms with E-state index < -0.39 is 28.5 Å². The minimum absolute atomic E-state index is 0.0480. The van der Waals surface area contributed by atoms with Crippen LogP contribution in [0.25, 0.3) is 0 Å². The van der Waals surface area contributed by atoms with Gasteiger partial charge in [0.15, 0.2) is 0 Å². The summed E-state index contributed by atoms with van der Waals surface area (Å²) in [7, 11) is -2.32. The number of halogens is 2. The summed E-state index contributed by atoms with van der Waals surface area (Å²) < 4.78 is 26.5. The Morgan fingerprint density at radius 3 is 2.00 bits per heavy atom. The van der Waals surface area contributed by atoms with Crippen molar-refractivity contribution in [2.45, 2.75) is 39.8 Å². The first kappa shape index (κ1) is 27.0. The van der Waals surface area contributed by atoms with Crippen molar-refractivity contribution in [2.24, 2.45) is 0 Å². The standard InChI is InChI=1S/C23H29Cl2N3O4S/c1-6-20(23(30)26-4)27(13-17-18(24)11-8-12-19(17)25)21(29)14-28(33(5,31)32)22-15(2)9-7-10-16(22)3/h7-12,20H,6,13-14H2,1-5H3,(H,26,30). The molecule has 1 N–H and O–H groups in total. The first-order chi connectivity index (χ1) is 15.4. The monoisotopic (exact) mass is 513 g/mol. The van der Waals surface area contributed by atoms with E-state index in [1.807, 2.05) is 6.07 Å². The van der Waals surface area contributed by atoms with Gasteiger partial charge in [-0.05, 0) is 43.5 Å². The van der Waals surface area contributed by atoms with E-state index >= 15 is 0 Å². The van der Waals surface area contributed by atoms with E-state index in [1.54, 1.807) is 51.1 Å². The van der Waals surface area contributed by atoms with Crippen molar-refractivity contribution in [1.82, 2.24) is 10.2 Å². The Balaban J connectivity index is 2.55. The number of anilines is 1. The number of benzene rings is 2. The number of amides is 2. The molecule has 2 amide bonds. The minimum atomic E-state index is -3.81. The first-order valence-corrected chi connectivity index (χ1v) is 13.0. The van der Waals surface area contributed by atoms with Crippen LogP contribution in [0.3, 0.4) is 0 Å². The fourth-order valence-corrected chi connectivity index (χ4v) is 5.20. The molecule has 0 saturated heterocycles. The van der Waals surface area contributed by atoms with Crippen LogP contribution in [0.4, 0.5) is 5.69 Å². The van der Waals surface area contributed by atoms with Gasteiger partial charge in [-0.2, -0.15) is 0 Å². The largest absolute Gasteiger partial charge is 0.357 e. The lowest BCUT2D eigenvalue weighted by Gasteiger charge is -2.33. The molecule has 0 aromatic heterocycles. The van der Waals surface area contributed by atoms with E-state index in [2.05, 4.69) is 5.32 Å².